The van der Waals surface area contributed by atoms with Crippen molar-refractivity contribution in [3.05, 3.63) is 108 Å². The molecule has 0 radical (unpaired) electrons. The summed E-state index contributed by atoms with van der Waals surface area (Å²) in [5, 5.41) is 11.1. The van der Waals surface area contributed by atoms with Crippen molar-refractivity contribution in [1.82, 2.24) is 14.8 Å². The number of aromatic nitrogens is 3. The standard InChI is InChI=1S/C25H21N5O/c1-17-21(24(31)27-20-15-9-4-10-16-20)22(18-11-5-2-6-12-18)30-25(26-17)28-23(29-30)19-13-7-3-8-14-19/h2-16,22H,1H3,(H,27,31)(H,26,28,29)/t22-/m0/s1. The highest BCUT2D eigenvalue weighted by molar-refractivity contribution is 6.06. The lowest BCUT2D eigenvalue weighted by Gasteiger charge is -2.28. The molecular formula is C25H21N5O. The number of para-hydroxylation sites is 1. The van der Waals surface area contributed by atoms with Crippen molar-refractivity contribution in [2.75, 3.05) is 10.6 Å². The first-order valence-corrected chi connectivity index (χ1v) is 10.1. The summed E-state index contributed by atoms with van der Waals surface area (Å²) in [6, 6.07) is 28.8. The maximum Gasteiger partial charge on any atom is 0.255 e. The molecule has 6 nitrogen and oxygen atoms in total. The Morgan fingerprint density at radius 1 is 0.903 bits per heavy atom. The van der Waals surface area contributed by atoms with E-state index < -0.39 is 6.04 Å². The number of fused-ring (bicyclic) bond motifs is 1. The number of hydrogen-bond acceptors (Lipinski definition) is 4. The van der Waals surface area contributed by atoms with Crippen molar-refractivity contribution in [3.63, 3.8) is 0 Å². The molecule has 1 aromatic heterocycles. The van der Waals surface area contributed by atoms with Gasteiger partial charge in [-0.3, -0.25) is 4.79 Å². The third kappa shape index (κ3) is 3.59. The highest BCUT2D eigenvalue weighted by atomic mass is 16.1. The zero-order valence-electron chi connectivity index (χ0n) is 17.0. The van der Waals surface area contributed by atoms with Gasteiger partial charge in [0, 0.05) is 16.9 Å². The molecule has 4 aromatic rings. The van der Waals surface area contributed by atoms with Gasteiger partial charge < -0.3 is 10.6 Å². The van der Waals surface area contributed by atoms with Crippen LogP contribution in [-0.4, -0.2) is 20.7 Å². The lowest BCUT2D eigenvalue weighted by Crippen LogP contribution is -2.31. The number of hydrogen-bond donors (Lipinski definition) is 2. The Labute approximate surface area is 180 Å². The van der Waals surface area contributed by atoms with Gasteiger partial charge in [-0.1, -0.05) is 78.9 Å². The Morgan fingerprint density at radius 3 is 2.19 bits per heavy atom. The van der Waals surface area contributed by atoms with Crippen molar-refractivity contribution in [2.24, 2.45) is 0 Å². The number of nitrogens with zero attached hydrogens (tertiary/aromatic N) is 3. The number of benzene rings is 3. The molecule has 0 saturated carbocycles. The predicted molar refractivity (Wildman–Crippen MR) is 121 cm³/mol. The molecule has 0 saturated heterocycles. The number of amides is 1. The SMILES string of the molecule is CC1=C(C(=O)Nc2ccccc2)[C@H](c2ccccc2)n2nc(-c3ccccc3)nc2N1. The summed E-state index contributed by atoms with van der Waals surface area (Å²) in [4.78, 5) is 18.1. The minimum atomic E-state index is -0.397. The number of carbonyl (C=O) groups is 1. The third-order valence-corrected chi connectivity index (χ3v) is 5.28. The monoisotopic (exact) mass is 407 g/mol. The molecule has 31 heavy (non-hydrogen) atoms. The van der Waals surface area contributed by atoms with Crippen molar-refractivity contribution >= 4 is 17.5 Å². The number of rotatable bonds is 4. The fourth-order valence-corrected chi connectivity index (χ4v) is 3.82. The van der Waals surface area contributed by atoms with Crippen molar-refractivity contribution in [1.29, 1.82) is 0 Å². The van der Waals surface area contributed by atoms with Gasteiger partial charge in [-0.05, 0) is 24.6 Å². The predicted octanol–water partition coefficient (Wildman–Crippen LogP) is 4.87. The topological polar surface area (TPSA) is 71.8 Å². The first-order chi connectivity index (χ1) is 15.2. The number of carbonyl (C=O) groups excluding carboxylic acids is 1. The molecule has 0 aliphatic carbocycles. The summed E-state index contributed by atoms with van der Waals surface area (Å²) in [5.74, 6) is 1.05. The smallest absolute Gasteiger partial charge is 0.255 e. The van der Waals surface area contributed by atoms with Crippen molar-refractivity contribution in [3.8, 4) is 11.4 Å². The van der Waals surface area contributed by atoms with Crippen LogP contribution in [0, 0.1) is 0 Å². The van der Waals surface area contributed by atoms with Crippen LogP contribution in [0.15, 0.2) is 102 Å². The molecule has 0 unspecified atom stereocenters. The zero-order valence-corrected chi connectivity index (χ0v) is 17.0. The van der Waals surface area contributed by atoms with Crippen molar-refractivity contribution in [2.45, 2.75) is 13.0 Å². The fourth-order valence-electron chi connectivity index (χ4n) is 3.82. The van der Waals surface area contributed by atoms with Gasteiger partial charge in [0.25, 0.3) is 5.91 Å². The molecular weight excluding hydrogens is 386 g/mol. The second-order valence-electron chi connectivity index (χ2n) is 7.37. The molecule has 0 fully saturated rings. The molecule has 5 rings (SSSR count). The first-order valence-electron chi connectivity index (χ1n) is 10.1. The average Bonchev–Trinajstić information content (AvgIpc) is 3.23. The van der Waals surface area contributed by atoms with Crippen LogP contribution in [0.4, 0.5) is 11.6 Å². The Kier molecular flexibility index (Phi) is 4.80. The van der Waals surface area contributed by atoms with E-state index in [1.807, 2.05) is 97.9 Å². The molecule has 0 spiro atoms. The summed E-state index contributed by atoms with van der Waals surface area (Å²) in [5.41, 5.74) is 3.99. The maximum atomic E-state index is 13.4. The van der Waals surface area contributed by atoms with Gasteiger partial charge in [0.1, 0.15) is 6.04 Å². The largest absolute Gasteiger partial charge is 0.328 e. The highest BCUT2D eigenvalue weighted by Gasteiger charge is 2.34. The summed E-state index contributed by atoms with van der Waals surface area (Å²) in [6.07, 6.45) is 0. The first kappa shape index (κ1) is 18.8. The molecule has 1 aliphatic heterocycles. The van der Waals surface area contributed by atoms with Crippen LogP contribution in [0.5, 0.6) is 0 Å². The van der Waals surface area contributed by atoms with E-state index >= 15 is 0 Å². The second kappa shape index (κ2) is 7.91. The Balaban J connectivity index is 1.60. The van der Waals surface area contributed by atoms with Crippen LogP contribution in [0.3, 0.4) is 0 Å². The molecule has 1 amide bonds. The summed E-state index contributed by atoms with van der Waals surface area (Å²) in [7, 11) is 0. The molecule has 6 heteroatoms. The van der Waals surface area contributed by atoms with Gasteiger partial charge in [0.2, 0.25) is 5.95 Å². The van der Waals surface area contributed by atoms with E-state index in [4.69, 9.17) is 10.1 Å². The highest BCUT2D eigenvalue weighted by Crippen LogP contribution is 2.36. The lowest BCUT2D eigenvalue weighted by atomic mass is 9.95. The molecule has 3 aromatic carbocycles. The summed E-state index contributed by atoms with van der Waals surface area (Å²) >= 11 is 0. The number of allylic oxidation sites excluding steroid dienone is 1. The molecule has 152 valence electrons. The van der Waals surface area contributed by atoms with Gasteiger partial charge in [-0.15, -0.1) is 5.10 Å². The summed E-state index contributed by atoms with van der Waals surface area (Å²) < 4.78 is 1.80. The van der Waals surface area contributed by atoms with E-state index in [1.54, 1.807) is 4.68 Å². The van der Waals surface area contributed by atoms with Gasteiger partial charge in [0.05, 0.1) is 5.57 Å². The van der Waals surface area contributed by atoms with Crippen molar-refractivity contribution < 1.29 is 4.79 Å². The lowest BCUT2D eigenvalue weighted by molar-refractivity contribution is -0.113. The zero-order chi connectivity index (χ0) is 21.2. The van der Waals surface area contributed by atoms with Crippen LogP contribution >= 0.6 is 0 Å². The third-order valence-electron chi connectivity index (χ3n) is 5.28. The Morgan fingerprint density at radius 2 is 1.52 bits per heavy atom. The quantitative estimate of drug-likeness (QED) is 0.506. The number of anilines is 2. The molecule has 2 N–H and O–H groups in total. The Bertz CT molecular complexity index is 1250. The van der Waals surface area contributed by atoms with E-state index in [0.29, 0.717) is 17.3 Å². The van der Waals surface area contributed by atoms with E-state index in [2.05, 4.69) is 10.6 Å². The van der Waals surface area contributed by atoms with Crippen LogP contribution < -0.4 is 10.6 Å². The van der Waals surface area contributed by atoms with E-state index in [9.17, 15) is 4.79 Å². The van der Waals surface area contributed by atoms with Crippen LogP contribution in [0.25, 0.3) is 11.4 Å². The minimum absolute atomic E-state index is 0.174. The molecule has 0 bridgehead atoms. The van der Waals surface area contributed by atoms with Gasteiger partial charge in [-0.2, -0.15) is 4.98 Å². The normalized spacial score (nSPS) is 15.2. The van der Waals surface area contributed by atoms with E-state index in [1.165, 1.54) is 0 Å². The van der Waals surface area contributed by atoms with Crippen LogP contribution in [0.1, 0.15) is 18.5 Å². The number of nitrogens with one attached hydrogen (secondary N) is 2. The molecule has 1 atom stereocenters. The van der Waals surface area contributed by atoms with Gasteiger partial charge >= 0.3 is 0 Å². The minimum Gasteiger partial charge on any atom is -0.328 e. The van der Waals surface area contributed by atoms with Crippen LogP contribution in [-0.2, 0) is 4.79 Å². The maximum absolute atomic E-state index is 13.4. The summed E-state index contributed by atoms with van der Waals surface area (Å²) in [6.45, 7) is 1.90. The van der Waals surface area contributed by atoms with E-state index in [0.717, 1.165) is 22.5 Å². The van der Waals surface area contributed by atoms with Gasteiger partial charge in [0.15, 0.2) is 5.82 Å². The Hall–Kier alpha value is -4.19. The van der Waals surface area contributed by atoms with E-state index in [-0.39, 0.29) is 5.91 Å². The molecule has 1 aliphatic rings. The molecule has 2 heterocycles. The van der Waals surface area contributed by atoms with Gasteiger partial charge in [-0.25, -0.2) is 4.68 Å². The fraction of sp³-hybridized carbons (Fsp3) is 0.0800. The second-order valence-corrected chi connectivity index (χ2v) is 7.37. The van der Waals surface area contributed by atoms with Crippen LogP contribution in [0.2, 0.25) is 0 Å². The average molecular weight is 407 g/mol.